The molecule has 1 aliphatic heterocycles. The minimum atomic E-state index is 0.0379. The van der Waals surface area contributed by atoms with Gasteiger partial charge in [-0.3, -0.25) is 4.79 Å². The van der Waals surface area contributed by atoms with Crippen molar-refractivity contribution in [2.45, 2.75) is 13.8 Å². The van der Waals surface area contributed by atoms with Gasteiger partial charge in [-0.2, -0.15) is 0 Å². The van der Waals surface area contributed by atoms with E-state index in [1.165, 1.54) is 5.69 Å². The smallest absolute Gasteiger partial charge is 0.162 e. The van der Waals surface area contributed by atoms with Gasteiger partial charge in [-0.05, 0) is 44.2 Å². The molecule has 0 amide bonds. The molecule has 2 aromatic carbocycles. The van der Waals surface area contributed by atoms with Gasteiger partial charge in [0, 0.05) is 60.3 Å². The van der Waals surface area contributed by atoms with Gasteiger partial charge >= 0.3 is 0 Å². The van der Waals surface area contributed by atoms with Crippen LogP contribution in [0.2, 0.25) is 0 Å². The fraction of sp³-hybridized carbons (Fsp3) is 0.348. The summed E-state index contributed by atoms with van der Waals surface area (Å²) in [6.45, 7) is 7.63. The van der Waals surface area contributed by atoms with E-state index in [1.807, 2.05) is 19.1 Å². The Balaban J connectivity index is 1.86. The number of methoxy groups -OCH3 is 2. The van der Waals surface area contributed by atoms with Crippen molar-refractivity contribution in [3.8, 4) is 17.2 Å². The number of benzene rings is 2. The number of rotatable bonds is 5. The average Bonchev–Trinajstić information content (AvgIpc) is 3.04. The van der Waals surface area contributed by atoms with Crippen LogP contribution in [0.25, 0.3) is 16.6 Å². The molecule has 0 aliphatic carbocycles. The van der Waals surface area contributed by atoms with Crippen molar-refractivity contribution in [2.75, 3.05) is 45.3 Å². The molecule has 0 saturated carbocycles. The molecule has 4 rings (SSSR count). The number of nitrogens with zero attached hydrogens (tertiary/aromatic N) is 2. The number of nitrogens with one attached hydrogen (secondary N) is 1. The van der Waals surface area contributed by atoms with Gasteiger partial charge < -0.3 is 24.3 Å². The first-order chi connectivity index (χ1) is 14.0. The molecule has 0 radical (unpaired) electrons. The number of anilines is 1. The maximum atomic E-state index is 12.4. The molecule has 0 spiro atoms. The second-order valence-electron chi connectivity index (χ2n) is 7.33. The van der Waals surface area contributed by atoms with E-state index in [0.717, 1.165) is 48.5 Å². The van der Waals surface area contributed by atoms with Crippen molar-refractivity contribution in [2.24, 2.45) is 0 Å². The number of hydrogen-bond donors (Lipinski definition) is 1. The summed E-state index contributed by atoms with van der Waals surface area (Å²) in [6.07, 6.45) is 0. The van der Waals surface area contributed by atoms with Gasteiger partial charge in [-0.1, -0.05) is 0 Å². The number of aromatic nitrogens is 1. The molecular weight excluding hydrogens is 366 g/mol. The number of ketones is 1. The molecule has 6 nitrogen and oxygen atoms in total. The quantitative estimate of drug-likeness (QED) is 0.672. The number of carbonyl (C=O) groups excluding carboxylic acids is 1. The van der Waals surface area contributed by atoms with Gasteiger partial charge in [0.15, 0.2) is 17.3 Å². The highest BCUT2D eigenvalue weighted by Crippen LogP contribution is 2.38. The summed E-state index contributed by atoms with van der Waals surface area (Å²) in [5.74, 6) is 1.30. The van der Waals surface area contributed by atoms with Gasteiger partial charge in [0.05, 0.1) is 19.7 Å². The lowest BCUT2D eigenvalue weighted by molar-refractivity contribution is 0.101. The van der Waals surface area contributed by atoms with Gasteiger partial charge in [0.25, 0.3) is 0 Å². The van der Waals surface area contributed by atoms with E-state index in [2.05, 4.69) is 39.0 Å². The van der Waals surface area contributed by atoms with Crippen LogP contribution < -0.4 is 19.7 Å². The molecule has 29 heavy (non-hydrogen) atoms. The standard InChI is InChI=1S/C23H27N3O3/c1-15-23(16(2)27)19-13-21(28-3)22(29-4)14-20(19)26(15)18-7-5-17(6-8-18)25-11-9-24-10-12-25/h5-8,13-14,24H,9-12H2,1-4H3. The van der Waals surface area contributed by atoms with Crippen LogP contribution in [0, 0.1) is 6.92 Å². The maximum absolute atomic E-state index is 12.4. The van der Waals surface area contributed by atoms with Crippen molar-refractivity contribution < 1.29 is 14.3 Å². The average molecular weight is 393 g/mol. The van der Waals surface area contributed by atoms with E-state index in [9.17, 15) is 4.79 Å². The van der Waals surface area contributed by atoms with E-state index in [4.69, 9.17) is 9.47 Å². The van der Waals surface area contributed by atoms with E-state index >= 15 is 0 Å². The zero-order valence-corrected chi connectivity index (χ0v) is 17.4. The zero-order chi connectivity index (χ0) is 20.5. The van der Waals surface area contributed by atoms with Crippen molar-refractivity contribution in [1.82, 2.24) is 9.88 Å². The van der Waals surface area contributed by atoms with Crippen molar-refractivity contribution in [3.05, 3.63) is 47.7 Å². The summed E-state index contributed by atoms with van der Waals surface area (Å²) >= 11 is 0. The Morgan fingerprint density at radius 1 is 0.966 bits per heavy atom. The normalized spacial score (nSPS) is 14.3. The number of carbonyl (C=O) groups is 1. The topological polar surface area (TPSA) is 55.7 Å². The predicted molar refractivity (Wildman–Crippen MR) is 116 cm³/mol. The Kier molecular flexibility index (Phi) is 5.20. The molecule has 1 aliphatic rings. The van der Waals surface area contributed by atoms with E-state index in [-0.39, 0.29) is 5.78 Å². The second kappa shape index (κ2) is 7.79. The highest BCUT2D eigenvalue weighted by Gasteiger charge is 2.21. The molecule has 3 aromatic rings. The molecule has 152 valence electrons. The van der Waals surface area contributed by atoms with Crippen LogP contribution in [0.3, 0.4) is 0 Å². The van der Waals surface area contributed by atoms with Crippen LogP contribution in [0.15, 0.2) is 36.4 Å². The van der Waals surface area contributed by atoms with E-state index in [1.54, 1.807) is 21.1 Å². The first-order valence-electron chi connectivity index (χ1n) is 9.89. The lowest BCUT2D eigenvalue weighted by Gasteiger charge is -2.29. The SMILES string of the molecule is COc1cc2c(C(C)=O)c(C)n(-c3ccc(N4CCNCC4)cc3)c2cc1OC. The number of Topliss-reactive ketones (excluding diaryl/α,β-unsaturated/α-hetero) is 1. The van der Waals surface area contributed by atoms with Gasteiger partial charge in [0.1, 0.15) is 0 Å². The third kappa shape index (κ3) is 3.34. The van der Waals surface area contributed by atoms with E-state index in [0.29, 0.717) is 17.1 Å². The summed E-state index contributed by atoms with van der Waals surface area (Å²) in [4.78, 5) is 14.8. The third-order valence-electron chi connectivity index (χ3n) is 5.65. The Labute approximate surface area is 171 Å². The van der Waals surface area contributed by atoms with Crippen LogP contribution in [0.4, 0.5) is 5.69 Å². The molecule has 2 heterocycles. The molecule has 1 fully saturated rings. The Bertz CT molecular complexity index is 1050. The fourth-order valence-electron chi connectivity index (χ4n) is 4.25. The number of fused-ring (bicyclic) bond motifs is 1. The van der Waals surface area contributed by atoms with Crippen LogP contribution in [0.5, 0.6) is 11.5 Å². The van der Waals surface area contributed by atoms with Gasteiger partial charge in [0.2, 0.25) is 0 Å². The lowest BCUT2D eigenvalue weighted by atomic mass is 10.1. The van der Waals surface area contributed by atoms with Crippen LogP contribution in [0.1, 0.15) is 23.0 Å². The van der Waals surface area contributed by atoms with Crippen LogP contribution >= 0.6 is 0 Å². The third-order valence-corrected chi connectivity index (χ3v) is 5.65. The largest absolute Gasteiger partial charge is 0.493 e. The Morgan fingerprint density at radius 2 is 1.55 bits per heavy atom. The second-order valence-corrected chi connectivity index (χ2v) is 7.33. The predicted octanol–water partition coefficient (Wildman–Crippen LogP) is 3.57. The summed E-state index contributed by atoms with van der Waals surface area (Å²) in [5, 5.41) is 4.26. The van der Waals surface area contributed by atoms with Crippen molar-refractivity contribution in [1.29, 1.82) is 0 Å². The number of piperazine rings is 1. The summed E-state index contributed by atoms with van der Waals surface area (Å²) in [6, 6.07) is 12.4. The van der Waals surface area contributed by atoms with Crippen LogP contribution in [-0.4, -0.2) is 50.7 Å². The molecule has 6 heteroatoms. The van der Waals surface area contributed by atoms with Crippen LogP contribution in [-0.2, 0) is 0 Å². The molecule has 0 atom stereocenters. The molecule has 0 bridgehead atoms. The summed E-state index contributed by atoms with van der Waals surface area (Å²) < 4.78 is 13.1. The zero-order valence-electron chi connectivity index (χ0n) is 17.4. The van der Waals surface area contributed by atoms with E-state index < -0.39 is 0 Å². The highest BCUT2D eigenvalue weighted by molar-refractivity contribution is 6.09. The Morgan fingerprint density at radius 3 is 2.14 bits per heavy atom. The number of ether oxygens (including phenoxy) is 2. The van der Waals surface area contributed by atoms with Crippen molar-refractivity contribution in [3.63, 3.8) is 0 Å². The molecule has 1 saturated heterocycles. The molecule has 1 N–H and O–H groups in total. The van der Waals surface area contributed by atoms with Crippen molar-refractivity contribution >= 4 is 22.4 Å². The lowest BCUT2D eigenvalue weighted by Crippen LogP contribution is -2.43. The highest BCUT2D eigenvalue weighted by atomic mass is 16.5. The number of hydrogen-bond acceptors (Lipinski definition) is 5. The minimum absolute atomic E-state index is 0.0379. The fourth-order valence-corrected chi connectivity index (χ4v) is 4.25. The summed E-state index contributed by atoms with van der Waals surface area (Å²) in [5.41, 5.74) is 4.80. The van der Waals surface area contributed by atoms with Gasteiger partial charge in [-0.15, -0.1) is 0 Å². The Hall–Kier alpha value is -2.99. The summed E-state index contributed by atoms with van der Waals surface area (Å²) in [7, 11) is 3.23. The molecular formula is C23H27N3O3. The molecule has 1 aromatic heterocycles. The monoisotopic (exact) mass is 393 g/mol. The first-order valence-corrected chi connectivity index (χ1v) is 9.89. The maximum Gasteiger partial charge on any atom is 0.162 e. The van der Waals surface area contributed by atoms with Gasteiger partial charge in [-0.25, -0.2) is 0 Å². The minimum Gasteiger partial charge on any atom is -0.493 e. The molecule has 0 unspecified atom stereocenters. The first kappa shape index (κ1) is 19.3.